The number of carbonyl (C=O) groups is 2. The Morgan fingerprint density at radius 3 is 2.66 bits per heavy atom. The number of benzene rings is 1. The molecular formula is C22H33N3O4. The first-order valence-electron chi connectivity index (χ1n) is 10.1. The molecule has 1 saturated heterocycles. The van der Waals surface area contributed by atoms with Crippen molar-refractivity contribution in [2.24, 2.45) is 5.92 Å². The Morgan fingerprint density at radius 2 is 2.00 bits per heavy atom. The summed E-state index contributed by atoms with van der Waals surface area (Å²) < 4.78 is 10.8. The summed E-state index contributed by atoms with van der Waals surface area (Å²) in [6, 6.07) is 6.72. The Hall–Kier alpha value is -2.38. The van der Waals surface area contributed by atoms with Crippen molar-refractivity contribution < 1.29 is 19.1 Å². The predicted octanol–water partition coefficient (Wildman–Crippen LogP) is 1.69. The van der Waals surface area contributed by atoms with Crippen molar-refractivity contribution in [1.82, 2.24) is 15.5 Å². The molecular weight excluding hydrogens is 370 g/mol. The molecule has 2 rings (SSSR count). The van der Waals surface area contributed by atoms with E-state index in [-0.39, 0.29) is 17.9 Å². The second-order valence-electron chi connectivity index (χ2n) is 7.73. The van der Waals surface area contributed by atoms with E-state index in [0.717, 1.165) is 30.9 Å². The quantitative estimate of drug-likeness (QED) is 0.614. The summed E-state index contributed by atoms with van der Waals surface area (Å²) in [5.41, 5.74) is 0.874. The average Bonchev–Trinajstić information content (AvgIpc) is 2.70. The Balaban J connectivity index is 1.73. The number of nitrogens with zero attached hydrogens (tertiary/aromatic N) is 1. The van der Waals surface area contributed by atoms with Gasteiger partial charge in [0.15, 0.2) is 0 Å². The van der Waals surface area contributed by atoms with E-state index in [0.29, 0.717) is 19.1 Å². The van der Waals surface area contributed by atoms with Gasteiger partial charge in [-0.1, -0.05) is 26.0 Å². The minimum atomic E-state index is -0.627. The number of morpholine rings is 1. The zero-order valence-electron chi connectivity index (χ0n) is 17.8. The molecule has 2 amide bonds. The van der Waals surface area contributed by atoms with E-state index in [4.69, 9.17) is 9.47 Å². The number of amides is 2. The van der Waals surface area contributed by atoms with E-state index in [2.05, 4.69) is 29.4 Å². The molecule has 1 heterocycles. The van der Waals surface area contributed by atoms with Gasteiger partial charge in [-0.05, 0) is 36.6 Å². The summed E-state index contributed by atoms with van der Waals surface area (Å²) in [5.74, 6) is 0.817. The molecule has 0 aliphatic carbocycles. The molecule has 0 bridgehead atoms. The molecule has 1 aromatic rings. The van der Waals surface area contributed by atoms with Crippen molar-refractivity contribution in [3.63, 3.8) is 0 Å². The smallest absolute Gasteiger partial charge is 0.244 e. The largest absolute Gasteiger partial charge is 0.497 e. The van der Waals surface area contributed by atoms with Crippen LogP contribution in [-0.4, -0.2) is 68.8 Å². The monoisotopic (exact) mass is 403 g/mol. The van der Waals surface area contributed by atoms with Crippen molar-refractivity contribution in [2.45, 2.75) is 32.9 Å². The van der Waals surface area contributed by atoms with Crippen LogP contribution in [0.15, 0.2) is 30.3 Å². The van der Waals surface area contributed by atoms with Gasteiger partial charge in [0.05, 0.1) is 19.8 Å². The van der Waals surface area contributed by atoms with E-state index < -0.39 is 6.04 Å². The van der Waals surface area contributed by atoms with Gasteiger partial charge in [-0.25, -0.2) is 0 Å². The van der Waals surface area contributed by atoms with Crippen molar-refractivity contribution in [3.8, 4) is 5.75 Å². The molecule has 1 fully saturated rings. The number of hydrogen-bond acceptors (Lipinski definition) is 5. The van der Waals surface area contributed by atoms with Crippen LogP contribution in [-0.2, 0) is 14.3 Å². The average molecular weight is 404 g/mol. The van der Waals surface area contributed by atoms with Crippen LogP contribution in [0.25, 0.3) is 6.08 Å². The molecule has 1 aromatic carbocycles. The fourth-order valence-electron chi connectivity index (χ4n) is 3.17. The van der Waals surface area contributed by atoms with Gasteiger partial charge in [0.2, 0.25) is 11.8 Å². The van der Waals surface area contributed by atoms with Gasteiger partial charge in [-0.3, -0.25) is 14.5 Å². The number of ether oxygens (including phenoxy) is 2. The second-order valence-corrected chi connectivity index (χ2v) is 7.73. The minimum absolute atomic E-state index is 0.0238. The first kappa shape index (κ1) is 22.9. The molecule has 1 aliphatic heterocycles. The first-order valence-corrected chi connectivity index (χ1v) is 10.1. The van der Waals surface area contributed by atoms with Crippen LogP contribution in [0.4, 0.5) is 0 Å². The lowest BCUT2D eigenvalue weighted by Crippen LogP contribution is -2.51. The molecule has 2 N–H and O–H groups in total. The topological polar surface area (TPSA) is 79.9 Å². The molecule has 2 atom stereocenters. The highest BCUT2D eigenvalue weighted by atomic mass is 16.5. The van der Waals surface area contributed by atoms with Gasteiger partial charge in [0, 0.05) is 32.3 Å². The zero-order chi connectivity index (χ0) is 21.2. The van der Waals surface area contributed by atoms with Crippen LogP contribution >= 0.6 is 0 Å². The lowest BCUT2D eigenvalue weighted by molar-refractivity contribution is -0.127. The van der Waals surface area contributed by atoms with Crippen LogP contribution in [0.1, 0.15) is 26.3 Å². The molecule has 7 heteroatoms. The predicted molar refractivity (Wildman–Crippen MR) is 114 cm³/mol. The summed E-state index contributed by atoms with van der Waals surface area (Å²) in [6.45, 7) is 9.94. The molecule has 7 nitrogen and oxygen atoms in total. The molecule has 2 unspecified atom stereocenters. The fourth-order valence-corrected chi connectivity index (χ4v) is 3.17. The van der Waals surface area contributed by atoms with Crippen LogP contribution in [0.2, 0.25) is 0 Å². The van der Waals surface area contributed by atoms with Gasteiger partial charge < -0.3 is 20.1 Å². The van der Waals surface area contributed by atoms with Crippen molar-refractivity contribution in [1.29, 1.82) is 0 Å². The van der Waals surface area contributed by atoms with Gasteiger partial charge >= 0.3 is 0 Å². The number of hydrogen-bond donors (Lipinski definition) is 2. The second kappa shape index (κ2) is 11.6. The van der Waals surface area contributed by atoms with Crippen LogP contribution in [0.5, 0.6) is 5.75 Å². The minimum Gasteiger partial charge on any atom is -0.497 e. The lowest BCUT2D eigenvalue weighted by atomic mass is 10.1. The maximum absolute atomic E-state index is 12.3. The van der Waals surface area contributed by atoms with E-state index in [1.807, 2.05) is 24.3 Å². The zero-order valence-corrected chi connectivity index (χ0v) is 17.8. The van der Waals surface area contributed by atoms with Crippen molar-refractivity contribution in [2.75, 3.05) is 39.9 Å². The fraction of sp³-hybridized carbons (Fsp3) is 0.545. The SMILES string of the molecule is COc1ccc(/C=C/C(=O)NC(C)C(=O)NCC2CN(CC(C)C)CCO2)cc1. The molecule has 29 heavy (non-hydrogen) atoms. The normalized spacial score (nSPS) is 18.6. The third-order valence-corrected chi connectivity index (χ3v) is 4.65. The van der Waals surface area contributed by atoms with Crippen molar-refractivity contribution >= 4 is 17.9 Å². The van der Waals surface area contributed by atoms with Crippen molar-refractivity contribution in [3.05, 3.63) is 35.9 Å². The van der Waals surface area contributed by atoms with Gasteiger partial charge in [-0.15, -0.1) is 0 Å². The molecule has 0 spiro atoms. The summed E-state index contributed by atoms with van der Waals surface area (Å²) in [4.78, 5) is 26.7. The molecule has 0 aromatic heterocycles. The molecule has 0 radical (unpaired) electrons. The Bertz CT molecular complexity index is 688. The van der Waals surface area contributed by atoms with Gasteiger partial charge in [0.25, 0.3) is 0 Å². The van der Waals surface area contributed by atoms with Crippen LogP contribution < -0.4 is 15.4 Å². The Morgan fingerprint density at radius 1 is 1.28 bits per heavy atom. The third kappa shape index (κ3) is 8.25. The Labute approximate surface area is 173 Å². The number of carbonyl (C=O) groups excluding carboxylic acids is 2. The van der Waals surface area contributed by atoms with E-state index in [1.54, 1.807) is 20.1 Å². The highest BCUT2D eigenvalue weighted by Gasteiger charge is 2.22. The van der Waals surface area contributed by atoms with Crippen LogP contribution in [0, 0.1) is 5.92 Å². The van der Waals surface area contributed by atoms with Crippen LogP contribution in [0.3, 0.4) is 0 Å². The van der Waals surface area contributed by atoms with E-state index in [1.165, 1.54) is 6.08 Å². The highest BCUT2D eigenvalue weighted by Crippen LogP contribution is 2.12. The molecule has 160 valence electrons. The standard InChI is InChI=1S/C22H33N3O4/c1-16(2)14-25-11-12-29-20(15-25)13-23-22(27)17(3)24-21(26)10-7-18-5-8-19(28-4)9-6-18/h5-10,16-17,20H,11-15H2,1-4H3,(H,23,27)(H,24,26)/b10-7+. The summed E-state index contributed by atoms with van der Waals surface area (Å²) in [5, 5.41) is 5.56. The summed E-state index contributed by atoms with van der Waals surface area (Å²) in [7, 11) is 1.60. The number of methoxy groups -OCH3 is 1. The maximum Gasteiger partial charge on any atom is 0.244 e. The van der Waals surface area contributed by atoms with Gasteiger partial charge in [-0.2, -0.15) is 0 Å². The highest BCUT2D eigenvalue weighted by molar-refractivity contribution is 5.95. The number of rotatable bonds is 9. The first-order chi connectivity index (χ1) is 13.9. The maximum atomic E-state index is 12.3. The summed E-state index contributed by atoms with van der Waals surface area (Å²) >= 11 is 0. The lowest BCUT2D eigenvalue weighted by Gasteiger charge is -2.34. The van der Waals surface area contributed by atoms with E-state index >= 15 is 0 Å². The third-order valence-electron chi connectivity index (χ3n) is 4.65. The Kier molecular flexibility index (Phi) is 9.15. The molecule has 0 saturated carbocycles. The summed E-state index contributed by atoms with van der Waals surface area (Å²) in [6.07, 6.45) is 3.09. The van der Waals surface area contributed by atoms with E-state index in [9.17, 15) is 9.59 Å². The van der Waals surface area contributed by atoms with Gasteiger partial charge in [0.1, 0.15) is 11.8 Å². The number of nitrogens with one attached hydrogen (secondary N) is 2. The molecule has 1 aliphatic rings.